The molecule has 0 radical (unpaired) electrons. The van der Waals surface area contributed by atoms with Crippen molar-refractivity contribution in [3.05, 3.63) is 16.1 Å². The van der Waals surface area contributed by atoms with Gasteiger partial charge in [0.2, 0.25) is 0 Å². The maximum atomic E-state index is 12.5. The molecule has 1 fully saturated rings. The first-order chi connectivity index (χ1) is 9.86. The molecular formula is C15H22N2O3S. The van der Waals surface area contributed by atoms with E-state index in [9.17, 15) is 14.7 Å². The van der Waals surface area contributed by atoms with Crippen LogP contribution in [-0.4, -0.2) is 40.0 Å². The number of hydrogen-bond donors (Lipinski definition) is 1. The van der Waals surface area contributed by atoms with Crippen molar-refractivity contribution in [3.8, 4) is 0 Å². The zero-order valence-electron chi connectivity index (χ0n) is 12.7. The van der Waals surface area contributed by atoms with E-state index in [1.165, 1.54) is 11.3 Å². The van der Waals surface area contributed by atoms with Gasteiger partial charge in [-0.3, -0.25) is 9.59 Å². The summed E-state index contributed by atoms with van der Waals surface area (Å²) in [5.41, 5.74) is 0.453. The van der Waals surface area contributed by atoms with Gasteiger partial charge >= 0.3 is 5.97 Å². The summed E-state index contributed by atoms with van der Waals surface area (Å²) in [6.07, 6.45) is 1.50. The lowest BCUT2D eigenvalue weighted by atomic mass is 9.90. The van der Waals surface area contributed by atoms with Crippen LogP contribution in [0.1, 0.15) is 42.7 Å². The average Bonchev–Trinajstić information content (AvgIpc) is 2.84. The van der Waals surface area contributed by atoms with E-state index in [4.69, 9.17) is 0 Å². The summed E-state index contributed by atoms with van der Waals surface area (Å²) in [6.45, 7) is 7.12. The van der Waals surface area contributed by atoms with Crippen molar-refractivity contribution in [1.82, 2.24) is 9.88 Å². The maximum absolute atomic E-state index is 12.5. The average molecular weight is 310 g/mol. The molecule has 2 atom stereocenters. The van der Waals surface area contributed by atoms with Crippen molar-refractivity contribution in [1.29, 1.82) is 0 Å². The van der Waals surface area contributed by atoms with Crippen LogP contribution in [0.25, 0.3) is 0 Å². The largest absolute Gasteiger partial charge is 0.481 e. The molecule has 0 saturated carbocycles. The van der Waals surface area contributed by atoms with E-state index in [1.807, 2.05) is 6.92 Å². The van der Waals surface area contributed by atoms with E-state index in [0.717, 1.165) is 11.4 Å². The van der Waals surface area contributed by atoms with Gasteiger partial charge in [0.15, 0.2) is 0 Å². The molecule has 1 aromatic heterocycles. The highest BCUT2D eigenvalue weighted by atomic mass is 32.1. The fraction of sp³-hybridized carbons (Fsp3) is 0.667. The van der Waals surface area contributed by atoms with Crippen LogP contribution in [0.4, 0.5) is 0 Å². The molecule has 0 aliphatic carbocycles. The molecule has 21 heavy (non-hydrogen) atoms. The molecule has 0 aromatic carbocycles. The lowest BCUT2D eigenvalue weighted by Gasteiger charge is -2.34. The smallest absolute Gasteiger partial charge is 0.308 e. The number of thiazole rings is 1. The molecule has 0 spiro atoms. The summed E-state index contributed by atoms with van der Waals surface area (Å²) in [5.74, 6) is -0.716. The zero-order chi connectivity index (χ0) is 15.6. The molecule has 2 rings (SSSR count). The topological polar surface area (TPSA) is 70.5 Å². The van der Waals surface area contributed by atoms with E-state index >= 15 is 0 Å². The highest BCUT2D eigenvalue weighted by molar-refractivity contribution is 7.09. The maximum Gasteiger partial charge on any atom is 0.308 e. The number of aromatic nitrogens is 1. The second-order valence-electron chi connectivity index (χ2n) is 6.31. The lowest BCUT2D eigenvalue weighted by molar-refractivity contribution is -0.143. The van der Waals surface area contributed by atoms with Crippen molar-refractivity contribution in [2.75, 3.05) is 13.1 Å². The van der Waals surface area contributed by atoms with Crippen molar-refractivity contribution in [2.24, 2.45) is 17.8 Å². The number of aliphatic carboxylic acids is 1. The molecule has 1 aliphatic heterocycles. The van der Waals surface area contributed by atoms with Crippen LogP contribution in [0.5, 0.6) is 0 Å². The quantitative estimate of drug-likeness (QED) is 0.927. The van der Waals surface area contributed by atoms with Gasteiger partial charge in [0.1, 0.15) is 5.69 Å². The number of carbonyl (C=O) groups is 2. The monoisotopic (exact) mass is 310 g/mol. The van der Waals surface area contributed by atoms with Gasteiger partial charge in [-0.05, 0) is 18.3 Å². The van der Waals surface area contributed by atoms with Crippen LogP contribution < -0.4 is 0 Å². The second-order valence-corrected chi connectivity index (χ2v) is 7.25. The van der Waals surface area contributed by atoms with E-state index in [0.29, 0.717) is 24.6 Å². The van der Waals surface area contributed by atoms with E-state index in [2.05, 4.69) is 18.8 Å². The molecule has 2 unspecified atom stereocenters. The minimum absolute atomic E-state index is 0.140. The van der Waals surface area contributed by atoms with Gasteiger partial charge in [-0.2, -0.15) is 0 Å². The SMILES string of the molecule is CC(C)Cc1nc(C(=O)N2CC(C)CC(C(=O)O)C2)cs1. The Morgan fingerprint density at radius 3 is 2.81 bits per heavy atom. The summed E-state index contributed by atoms with van der Waals surface area (Å²) >= 11 is 1.50. The molecule has 1 aliphatic rings. The number of nitrogens with zero attached hydrogens (tertiary/aromatic N) is 2. The minimum Gasteiger partial charge on any atom is -0.481 e. The predicted molar refractivity (Wildman–Crippen MR) is 81.5 cm³/mol. The van der Waals surface area contributed by atoms with Crippen LogP contribution in [0.2, 0.25) is 0 Å². The number of carboxylic acid groups (broad SMARTS) is 1. The number of likely N-dealkylation sites (tertiary alicyclic amines) is 1. The first kappa shape index (κ1) is 15.9. The van der Waals surface area contributed by atoms with E-state index in [-0.39, 0.29) is 18.4 Å². The van der Waals surface area contributed by atoms with E-state index in [1.54, 1.807) is 10.3 Å². The lowest BCUT2D eigenvalue weighted by Crippen LogP contribution is -2.45. The standard InChI is InChI=1S/C15H22N2O3S/c1-9(2)4-13-16-12(8-21-13)14(18)17-6-10(3)5-11(7-17)15(19)20/h8-11H,4-7H2,1-3H3,(H,19,20). The van der Waals surface area contributed by atoms with Crippen molar-refractivity contribution in [2.45, 2.75) is 33.6 Å². The molecular weight excluding hydrogens is 288 g/mol. The predicted octanol–water partition coefficient (Wildman–Crippen LogP) is 2.52. The summed E-state index contributed by atoms with van der Waals surface area (Å²) in [6, 6.07) is 0. The van der Waals surface area contributed by atoms with Crippen LogP contribution in [-0.2, 0) is 11.2 Å². The first-order valence-corrected chi connectivity index (χ1v) is 8.21. The van der Waals surface area contributed by atoms with Gasteiger partial charge in [0, 0.05) is 24.9 Å². The Morgan fingerprint density at radius 1 is 1.48 bits per heavy atom. The Bertz CT molecular complexity index is 527. The third-order valence-electron chi connectivity index (χ3n) is 3.65. The third-order valence-corrected chi connectivity index (χ3v) is 4.52. The number of rotatable bonds is 4. The third kappa shape index (κ3) is 4.03. The van der Waals surface area contributed by atoms with Crippen molar-refractivity contribution < 1.29 is 14.7 Å². The van der Waals surface area contributed by atoms with Gasteiger partial charge in [-0.25, -0.2) is 4.98 Å². The van der Waals surface area contributed by atoms with E-state index < -0.39 is 11.9 Å². The Kier molecular flexibility index (Phi) is 4.98. The Morgan fingerprint density at radius 2 is 2.19 bits per heavy atom. The molecule has 0 bridgehead atoms. The van der Waals surface area contributed by atoms with Gasteiger partial charge in [-0.15, -0.1) is 11.3 Å². The van der Waals surface area contributed by atoms with Gasteiger partial charge in [0.25, 0.3) is 5.91 Å². The van der Waals surface area contributed by atoms with Crippen LogP contribution in [0.3, 0.4) is 0 Å². The van der Waals surface area contributed by atoms with Crippen molar-refractivity contribution in [3.63, 3.8) is 0 Å². The first-order valence-electron chi connectivity index (χ1n) is 7.33. The summed E-state index contributed by atoms with van der Waals surface area (Å²) in [5, 5.41) is 11.9. The zero-order valence-corrected chi connectivity index (χ0v) is 13.5. The van der Waals surface area contributed by atoms with Gasteiger partial charge in [0.05, 0.1) is 10.9 Å². The van der Waals surface area contributed by atoms with Crippen LogP contribution in [0, 0.1) is 17.8 Å². The molecule has 1 amide bonds. The number of piperidine rings is 1. The Hall–Kier alpha value is -1.43. The number of carbonyl (C=O) groups excluding carboxylic acids is 1. The molecule has 116 valence electrons. The molecule has 1 saturated heterocycles. The highest BCUT2D eigenvalue weighted by Gasteiger charge is 2.32. The number of carboxylic acids is 1. The number of amides is 1. The van der Waals surface area contributed by atoms with Gasteiger partial charge in [-0.1, -0.05) is 20.8 Å². The highest BCUT2D eigenvalue weighted by Crippen LogP contribution is 2.24. The summed E-state index contributed by atoms with van der Waals surface area (Å²) in [7, 11) is 0. The molecule has 1 N–H and O–H groups in total. The normalized spacial score (nSPS) is 22.6. The molecule has 2 heterocycles. The second kappa shape index (κ2) is 6.56. The Balaban J connectivity index is 2.08. The number of hydrogen-bond acceptors (Lipinski definition) is 4. The molecule has 1 aromatic rings. The van der Waals surface area contributed by atoms with Crippen LogP contribution in [0.15, 0.2) is 5.38 Å². The molecule has 6 heteroatoms. The Labute approximate surface area is 129 Å². The fourth-order valence-corrected chi connectivity index (χ4v) is 3.69. The summed E-state index contributed by atoms with van der Waals surface area (Å²) < 4.78 is 0. The van der Waals surface area contributed by atoms with Crippen LogP contribution >= 0.6 is 11.3 Å². The summed E-state index contributed by atoms with van der Waals surface area (Å²) in [4.78, 5) is 29.7. The minimum atomic E-state index is -0.821. The fourth-order valence-electron chi connectivity index (χ4n) is 2.71. The van der Waals surface area contributed by atoms with Crippen molar-refractivity contribution >= 4 is 23.2 Å². The molecule has 5 nitrogen and oxygen atoms in total. The van der Waals surface area contributed by atoms with Gasteiger partial charge < -0.3 is 10.0 Å².